The summed E-state index contributed by atoms with van der Waals surface area (Å²) in [4.78, 5) is 10.2. The Labute approximate surface area is 84.4 Å². The normalized spacial score (nSPS) is 5.79. The minimum absolute atomic E-state index is 0.347. The maximum Gasteiger partial charge on any atom is 0.332 e. The number of rotatable bonds is 1. The van der Waals surface area contributed by atoms with Crippen molar-refractivity contribution in [1.82, 2.24) is 0 Å². The van der Waals surface area contributed by atoms with Gasteiger partial charge in [-0.2, -0.15) is 5.26 Å². The summed E-state index contributed by atoms with van der Waals surface area (Å²) in [6, 6.07) is 1.69. The number of methoxy groups -OCH3 is 1. The third-order valence-electron chi connectivity index (χ3n) is 0.625. The van der Waals surface area contributed by atoms with Crippen LogP contribution in [-0.2, 0) is 9.53 Å². The van der Waals surface area contributed by atoms with Crippen molar-refractivity contribution in [1.29, 1.82) is 5.26 Å². The molecule has 0 atom stereocenters. The summed E-state index contributed by atoms with van der Waals surface area (Å²) in [7, 11) is 1.33. The molecule has 14 heavy (non-hydrogen) atoms. The van der Waals surface area contributed by atoms with Gasteiger partial charge in [0.25, 0.3) is 0 Å². The maximum absolute atomic E-state index is 10.2. The number of allylic oxidation sites excluding steroid dienone is 1. The zero-order chi connectivity index (χ0) is 12.0. The van der Waals surface area contributed by atoms with Crippen molar-refractivity contribution in [3.8, 4) is 6.07 Å². The average Bonchev–Trinajstić information content (AvgIpc) is 2.18. The average molecular weight is 197 g/mol. The zero-order valence-corrected chi connectivity index (χ0v) is 8.49. The molecular formula is C10H15NO3. The number of hydrogen-bond donors (Lipinski definition) is 1. The molecule has 4 heteroatoms. The predicted octanol–water partition coefficient (Wildman–Crippen LogP) is 2.12. The second kappa shape index (κ2) is 17.2. The Morgan fingerprint density at radius 1 is 1.57 bits per heavy atom. The molecule has 0 amide bonds. The Morgan fingerprint density at radius 2 is 1.86 bits per heavy atom. The third kappa shape index (κ3) is 32.5. The van der Waals surface area contributed by atoms with Crippen molar-refractivity contribution in [3.63, 3.8) is 0 Å². The van der Waals surface area contributed by atoms with Gasteiger partial charge in [-0.25, -0.2) is 4.79 Å². The fourth-order valence-corrected chi connectivity index (χ4v) is 0.174. The van der Waals surface area contributed by atoms with E-state index < -0.39 is 0 Å². The maximum atomic E-state index is 10.2. The summed E-state index contributed by atoms with van der Waals surface area (Å²) < 4.78 is 4.27. The van der Waals surface area contributed by atoms with Gasteiger partial charge in [0, 0.05) is 11.6 Å². The molecule has 0 fully saturated rings. The first-order valence-corrected chi connectivity index (χ1v) is 3.51. The number of hydrogen-bond acceptors (Lipinski definition) is 4. The van der Waals surface area contributed by atoms with Crippen molar-refractivity contribution in [3.05, 3.63) is 37.6 Å². The minimum atomic E-state index is -0.347. The topological polar surface area (TPSA) is 70.3 Å². The number of ether oxygens (including phenoxy) is 1. The van der Waals surface area contributed by atoms with Crippen molar-refractivity contribution in [2.45, 2.75) is 6.92 Å². The molecule has 0 heterocycles. The van der Waals surface area contributed by atoms with Crippen LogP contribution in [0.3, 0.4) is 0 Å². The Morgan fingerprint density at radius 3 is 1.86 bits per heavy atom. The molecule has 0 aliphatic rings. The molecule has 78 valence electrons. The van der Waals surface area contributed by atoms with Gasteiger partial charge >= 0.3 is 5.97 Å². The summed E-state index contributed by atoms with van der Waals surface area (Å²) in [6.45, 7) is 11.0. The monoisotopic (exact) mass is 197 g/mol. The van der Waals surface area contributed by atoms with Crippen molar-refractivity contribution >= 4 is 5.97 Å². The fourth-order valence-electron chi connectivity index (χ4n) is 0.174. The second-order valence-corrected chi connectivity index (χ2v) is 1.79. The van der Waals surface area contributed by atoms with Crippen LogP contribution in [-0.4, -0.2) is 18.2 Å². The van der Waals surface area contributed by atoms with Gasteiger partial charge < -0.3 is 9.84 Å². The van der Waals surface area contributed by atoms with Crippen molar-refractivity contribution < 1.29 is 14.6 Å². The number of carbonyl (C=O) groups is 1. The van der Waals surface area contributed by atoms with E-state index >= 15 is 0 Å². The van der Waals surface area contributed by atoms with E-state index in [-0.39, 0.29) is 5.97 Å². The van der Waals surface area contributed by atoms with Crippen LogP contribution >= 0.6 is 0 Å². The number of nitrogens with zero attached hydrogens (tertiary/aromatic N) is 1. The van der Waals surface area contributed by atoms with Gasteiger partial charge in [-0.15, -0.1) is 0 Å². The molecule has 0 rings (SSSR count). The molecular weight excluding hydrogens is 182 g/mol. The Hall–Kier alpha value is -2.02. The van der Waals surface area contributed by atoms with E-state index in [4.69, 9.17) is 10.4 Å². The highest BCUT2D eigenvalue weighted by Gasteiger charge is 1.95. The quantitative estimate of drug-likeness (QED) is 0.302. The van der Waals surface area contributed by atoms with Crippen LogP contribution in [0.1, 0.15) is 6.92 Å². The molecule has 0 saturated carbocycles. The molecule has 0 aliphatic carbocycles. The third-order valence-corrected chi connectivity index (χ3v) is 0.625. The number of aliphatic hydroxyl groups is 1. The Balaban J connectivity index is -0.000000147. The number of nitriles is 1. The Bertz CT molecular complexity index is 226. The molecule has 0 aromatic carbocycles. The Kier molecular flexibility index (Phi) is 22.0. The fraction of sp³-hybridized carbons (Fsp3) is 0.200. The molecule has 0 spiro atoms. The van der Waals surface area contributed by atoms with E-state index in [1.807, 2.05) is 0 Å². The predicted molar refractivity (Wildman–Crippen MR) is 55.5 cm³/mol. The molecule has 0 aliphatic heterocycles. The minimum Gasteiger partial charge on any atom is -0.516 e. The first-order valence-electron chi connectivity index (χ1n) is 3.51. The summed E-state index contributed by atoms with van der Waals surface area (Å²) in [5, 5.41) is 14.8. The van der Waals surface area contributed by atoms with Gasteiger partial charge in [-0.1, -0.05) is 19.7 Å². The van der Waals surface area contributed by atoms with Gasteiger partial charge in [-0.05, 0) is 6.92 Å². The lowest BCUT2D eigenvalue weighted by atomic mass is 10.4. The van der Waals surface area contributed by atoms with Crippen LogP contribution < -0.4 is 0 Å². The van der Waals surface area contributed by atoms with Crippen LogP contribution in [0.4, 0.5) is 0 Å². The van der Waals surface area contributed by atoms with E-state index in [2.05, 4.69) is 24.5 Å². The van der Waals surface area contributed by atoms with E-state index in [0.717, 1.165) is 6.26 Å². The number of aliphatic hydroxyl groups excluding tert-OH is 1. The lowest BCUT2D eigenvalue weighted by molar-refractivity contribution is -0.136. The second-order valence-electron chi connectivity index (χ2n) is 1.79. The van der Waals surface area contributed by atoms with E-state index in [9.17, 15) is 4.79 Å². The van der Waals surface area contributed by atoms with Crippen LogP contribution in [0.15, 0.2) is 37.6 Å². The molecule has 0 saturated heterocycles. The number of esters is 1. The smallest absolute Gasteiger partial charge is 0.332 e. The molecule has 0 radical (unpaired) electrons. The van der Waals surface area contributed by atoms with Gasteiger partial charge in [0.2, 0.25) is 0 Å². The lowest BCUT2D eigenvalue weighted by Gasteiger charge is -1.91. The molecule has 0 bridgehead atoms. The summed E-state index contributed by atoms with van der Waals surface area (Å²) in [5.74, 6) is -0.347. The molecule has 0 aromatic rings. The summed E-state index contributed by atoms with van der Waals surface area (Å²) in [6.07, 6.45) is 1.93. The van der Waals surface area contributed by atoms with E-state index in [0.29, 0.717) is 5.57 Å². The first-order chi connectivity index (χ1) is 6.51. The number of carbonyl (C=O) groups excluding carboxylic acids is 1. The van der Waals surface area contributed by atoms with Crippen molar-refractivity contribution in [2.75, 3.05) is 7.11 Å². The highest BCUT2D eigenvalue weighted by Crippen LogP contribution is 1.87. The highest BCUT2D eigenvalue weighted by atomic mass is 16.5. The molecule has 4 nitrogen and oxygen atoms in total. The van der Waals surface area contributed by atoms with Crippen molar-refractivity contribution in [2.24, 2.45) is 0 Å². The van der Waals surface area contributed by atoms with Crippen LogP contribution in [0.25, 0.3) is 0 Å². The van der Waals surface area contributed by atoms with Gasteiger partial charge in [-0.3, -0.25) is 0 Å². The highest BCUT2D eigenvalue weighted by molar-refractivity contribution is 5.86. The lowest BCUT2D eigenvalue weighted by Crippen LogP contribution is -1.98. The van der Waals surface area contributed by atoms with E-state index in [1.165, 1.54) is 13.2 Å². The van der Waals surface area contributed by atoms with Crippen LogP contribution in [0, 0.1) is 11.3 Å². The van der Waals surface area contributed by atoms with E-state index in [1.54, 1.807) is 13.0 Å². The first kappa shape index (κ1) is 17.9. The van der Waals surface area contributed by atoms with Crippen LogP contribution in [0.2, 0.25) is 0 Å². The van der Waals surface area contributed by atoms with Crippen LogP contribution in [0.5, 0.6) is 0 Å². The van der Waals surface area contributed by atoms with Gasteiger partial charge in [0.1, 0.15) is 0 Å². The summed E-state index contributed by atoms with van der Waals surface area (Å²) >= 11 is 0. The zero-order valence-electron chi connectivity index (χ0n) is 8.49. The largest absolute Gasteiger partial charge is 0.516 e. The summed E-state index contributed by atoms with van der Waals surface area (Å²) in [5.41, 5.74) is 0.433. The molecule has 0 unspecified atom stereocenters. The van der Waals surface area contributed by atoms with Gasteiger partial charge in [0.15, 0.2) is 0 Å². The SMILES string of the molecule is C=C(C)C(=O)OC.C=CC#N.C=CO. The molecule has 0 aromatic heterocycles. The standard InChI is InChI=1S/C5H8O2.C3H3N.C2H4O/c1-4(2)5(6)7-3;1-2-3-4;1-2-3/h1H2,2-3H3;2H,1H2;2-3H,1H2. The van der Waals surface area contributed by atoms with Gasteiger partial charge in [0.05, 0.1) is 19.4 Å². The molecule has 1 N–H and O–H groups in total.